The summed E-state index contributed by atoms with van der Waals surface area (Å²) in [4.78, 5) is 25.2. The first kappa shape index (κ1) is 21.9. The normalized spacial score (nSPS) is 19.8. The lowest BCUT2D eigenvalue weighted by molar-refractivity contribution is -0.168. The lowest BCUT2D eigenvalue weighted by Crippen LogP contribution is -2.40. The fourth-order valence-corrected chi connectivity index (χ4v) is 3.32. The van der Waals surface area contributed by atoms with Gasteiger partial charge in [0, 0.05) is 7.11 Å². The second kappa shape index (κ2) is 9.56. The van der Waals surface area contributed by atoms with Gasteiger partial charge in [-0.15, -0.1) is 0 Å². The van der Waals surface area contributed by atoms with Gasteiger partial charge >= 0.3 is 11.9 Å². The Labute approximate surface area is 152 Å². The number of ether oxygens (including phenoxy) is 3. The highest BCUT2D eigenvalue weighted by Gasteiger charge is 2.43. The minimum Gasteiger partial charge on any atom is -0.463 e. The van der Waals surface area contributed by atoms with Crippen molar-refractivity contribution in [1.82, 2.24) is 0 Å². The van der Waals surface area contributed by atoms with Gasteiger partial charge in [0.2, 0.25) is 0 Å². The number of carbonyl (C=O) groups is 2. The van der Waals surface area contributed by atoms with E-state index < -0.39 is 10.8 Å². The molecule has 25 heavy (non-hydrogen) atoms. The lowest BCUT2D eigenvalue weighted by atomic mass is 9.72. The molecule has 1 aliphatic carbocycles. The van der Waals surface area contributed by atoms with Crippen LogP contribution in [0.15, 0.2) is 0 Å². The van der Waals surface area contributed by atoms with Crippen molar-refractivity contribution in [2.24, 2.45) is 10.8 Å². The number of rotatable bonds is 9. The largest absolute Gasteiger partial charge is 0.463 e. The van der Waals surface area contributed by atoms with Crippen LogP contribution in [0.3, 0.4) is 0 Å². The fourth-order valence-electron chi connectivity index (χ4n) is 3.32. The molecule has 2 atom stereocenters. The van der Waals surface area contributed by atoms with Gasteiger partial charge in [0.05, 0.1) is 16.9 Å². The third kappa shape index (κ3) is 6.61. The maximum Gasteiger partial charge on any atom is 0.312 e. The highest BCUT2D eigenvalue weighted by molar-refractivity contribution is 5.80. The molecular weight excluding hydrogens is 320 g/mol. The van der Waals surface area contributed by atoms with Crippen molar-refractivity contribution in [1.29, 1.82) is 0 Å². The molecule has 0 bridgehead atoms. The molecule has 0 aromatic carbocycles. The van der Waals surface area contributed by atoms with Gasteiger partial charge in [-0.3, -0.25) is 9.59 Å². The minimum atomic E-state index is -0.760. The molecule has 0 radical (unpaired) electrons. The fraction of sp³-hybridized carbons (Fsp3) is 0.900. The molecule has 1 saturated carbocycles. The quantitative estimate of drug-likeness (QED) is 0.577. The molecule has 0 heterocycles. The molecule has 2 unspecified atom stereocenters. The maximum absolute atomic E-state index is 12.8. The highest BCUT2D eigenvalue weighted by Crippen LogP contribution is 2.39. The Kier molecular flexibility index (Phi) is 8.39. The summed E-state index contributed by atoms with van der Waals surface area (Å²) in [7, 11) is 1.58. The molecule has 0 amide bonds. The molecule has 0 aliphatic heterocycles. The Morgan fingerprint density at radius 1 is 1.08 bits per heavy atom. The van der Waals surface area contributed by atoms with Gasteiger partial charge in [-0.05, 0) is 66.2 Å². The molecular formula is C20H36O5. The van der Waals surface area contributed by atoms with E-state index in [9.17, 15) is 9.59 Å². The maximum atomic E-state index is 12.8. The van der Waals surface area contributed by atoms with Crippen LogP contribution < -0.4 is 0 Å². The van der Waals surface area contributed by atoms with Crippen molar-refractivity contribution in [2.75, 3.05) is 13.7 Å². The van der Waals surface area contributed by atoms with E-state index in [1.165, 1.54) is 6.42 Å². The van der Waals surface area contributed by atoms with Crippen molar-refractivity contribution in [3.05, 3.63) is 0 Å². The van der Waals surface area contributed by atoms with Gasteiger partial charge in [0.25, 0.3) is 0 Å². The number of hydrogen-bond donors (Lipinski definition) is 0. The van der Waals surface area contributed by atoms with E-state index in [1.807, 2.05) is 34.6 Å². The molecule has 0 N–H and O–H groups in total. The van der Waals surface area contributed by atoms with E-state index >= 15 is 0 Å². The average Bonchev–Trinajstić information content (AvgIpc) is 2.59. The van der Waals surface area contributed by atoms with Crippen molar-refractivity contribution in [3.63, 3.8) is 0 Å². The van der Waals surface area contributed by atoms with Gasteiger partial charge in [-0.1, -0.05) is 13.3 Å². The van der Waals surface area contributed by atoms with E-state index in [2.05, 4.69) is 0 Å². The zero-order chi connectivity index (χ0) is 19.1. The first-order chi connectivity index (χ1) is 11.6. The Morgan fingerprint density at radius 3 is 2.20 bits per heavy atom. The summed E-state index contributed by atoms with van der Waals surface area (Å²) in [5.74, 6) is -0.491. The zero-order valence-corrected chi connectivity index (χ0v) is 16.9. The lowest BCUT2D eigenvalue weighted by Gasteiger charge is -2.35. The van der Waals surface area contributed by atoms with Crippen LogP contribution in [-0.4, -0.2) is 37.9 Å². The summed E-state index contributed by atoms with van der Waals surface area (Å²) in [6.07, 6.45) is 6.28. The van der Waals surface area contributed by atoms with Gasteiger partial charge in [0.1, 0.15) is 12.7 Å². The van der Waals surface area contributed by atoms with E-state index in [-0.39, 0.29) is 30.8 Å². The number of esters is 2. The van der Waals surface area contributed by atoms with Gasteiger partial charge in [-0.25, -0.2) is 0 Å². The van der Waals surface area contributed by atoms with Crippen LogP contribution in [-0.2, 0) is 23.8 Å². The molecule has 0 saturated heterocycles. The second-order valence-corrected chi connectivity index (χ2v) is 8.28. The first-order valence-electron chi connectivity index (χ1n) is 9.55. The van der Waals surface area contributed by atoms with Crippen LogP contribution in [0.1, 0.15) is 79.6 Å². The van der Waals surface area contributed by atoms with Crippen molar-refractivity contribution in [2.45, 2.75) is 91.8 Å². The Morgan fingerprint density at radius 2 is 1.68 bits per heavy atom. The van der Waals surface area contributed by atoms with Crippen LogP contribution in [0.2, 0.25) is 0 Å². The average molecular weight is 357 g/mol. The predicted octanol–water partition coefficient (Wildman–Crippen LogP) is 4.27. The molecule has 0 spiro atoms. The van der Waals surface area contributed by atoms with Gasteiger partial charge in [0.15, 0.2) is 0 Å². The van der Waals surface area contributed by atoms with Crippen molar-refractivity contribution in [3.8, 4) is 0 Å². The third-order valence-corrected chi connectivity index (χ3v) is 5.34. The van der Waals surface area contributed by atoms with Crippen LogP contribution in [0, 0.1) is 10.8 Å². The van der Waals surface area contributed by atoms with Crippen molar-refractivity contribution >= 4 is 11.9 Å². The molecule has 5 heteroatoms. The van der Waals surface area contributed by atoms with Crippen LogP contribution >= 0.6 is 0 Å². The summed E-state index contributed by atoms with van der Waals surface area (Å²) in [6.45, 7) is 9.58. The molecule has 5 nitrogen and oxygen atoms in total. The van der Waals surface area contributed by atoms with E-state index in [0.29, 0.717) is 12.8 Å². The Balaban J connectivity index is 2.68. The van der Waals surface area contributed by atoms with Gasteiger partial charge < -0.3 is 14.2 Å². The van der Waals surface area contributed by atoms with Crippen LogP contribution in [0.5, 0.6) is 0 Å². The molecule has 1 aliphatic rings. The predicted molar refractivity (Wildman–Crippen MR) is 97.2 cm³/mol. The molecule has 1 fully saturated rings. The van der Waals surface area contributed by atoms with E-state index in [4.69, 9.17) is 14.2 Å². The van der Waals surface area contributed by atoms with Gasteiger partial charge in [-0.2, -0.15) is 0 Å². The Hall–Kier alpha value is -1.10. The smallest absolute Gasteiger partial charge is 0.312 e. The summed E-state index contributed by atoms with van der Waals surface area (Å²) in [6, 6.07) is 0. The van der Waals surface area contributed by atoms with Crippen molar-refractivity contribution < 1.29 is 23.8 Å². The van der Waals surface area contributed by atoms with E-state index in [1.54, 1.807) is 7.11 Å². The summed E-state index contributed by atoms with van der Waals surface area (Å²) < 4.78 is 16.2. The Bertz CT molecular complexity index is 439. The third-order valence-electron chi connectivity index (χ3n) is 5.34. The zero-order valence-electron chi connectivity index (χ0n) is 16.9. The first-order valence-corrected chi connectivity index (χ1v) is 9.55. The summed E-state index contributed by atoms with van der Waals surface area (Å²) in [5.41, 5.74) is -1.45. The standard InChI is InChI=1S/C20H36O5/c1-7-20(5,18(22)25-16-11-9-8-10-12-16)14-19(3,4)17(21)24-13-15(2)23-6/h15-16H,7-14H2,1-6H3. The minimum absolute atomic E-state index is 0.0322. The highest BCUT2D eigenvalue weighted by atomic mass is 16.6. The number of methoxy groups -OCH3 is 1. The molecule has 0 aromatic rings. The summed E-state index contributed by atoms with van der Waals surface area (Å²) >= 11 is 0. The number of hydrogen-bond acceptors (Lipinski definition) is 5. The molecule has 1 rings (SSSR count). The second-order valence-electron chi connectivity index (χ2n) is 8.28. The molecule has 0 aromatic heterocycles. The monoisotopic (exact) mass is 356 g/mol. The topological polar surface area (TPSA) is 61.8 Å². The van der Waals surface area contributed by atoms with Crippen LogP contribution in [0.4, 0.5) is 0 Å². The summed E-state index contributed by atoms with van der Waals surface area (Å²) in [5, 5.41) is 0. The van der Waals surface area contributed by atoms with E-state index in [0.717, 1.165) is 25.7 Å². The SMILES string of the molecule is CCC(C)(CC(C)(C)C(=O)OCC(C)OC)C(=O)OC1CCCCC1. The molecule has 146 valence electrons. The number of carbonyl (C=O) groups excluding carboxylic acids is 2. The van der Waals surface area contributed by atoms with Crippen LogP contribution in [0.25, 0.3) is 0 Å².